The first kappa shape index (κ1) is 15.9. The van der Waals surface area contributed by atoms with Gasteiger partial charge in [0, 0.05) is 18.3 Å². The standard InChI is InChI=1S/C16H16ClN3O2/c1-11(21)19-12-5-4-6-13(9-12)20-16(22)10-18-15-8-3-2-7-14(15)17/h2-9,18H,10H2,1H3,(H,19,21)(H,20,22). The van der Waals surface area contributed by atoms with Crippen molar-refractivity contribution in [3.63, 3.8) is 0 Å². The fourth-order valence-electron chi connectivity index (χ4n) is 1.86. The molecular weight excluding hydrogens is 302 g/mol. The van der Waals surface area contributed by atoms with Gasteiger partial charge in [-0.2, -0.15) is 0 Å². The van der Waals surface area contributed by atoms with Crippen LogP contribution in [-0.2, 0) is 9.59 Å². The maximum atomic E-state index is 11.9. The highest BCUT2D eigenvalue weighted by Crippen LogP contribution is 2.20. The Kier molecular flexibility index (Phi) is 5.38. The van der Waals surface area contributed by atoms with Crippen LogP contribution in [0, 0.1) is 0 Å². The molecule has 0 fully saturated rings. The number of rotatable bonds is 5. The lowest BCUT2D eigenvalue weighted by Crippen LogP contribution is -2.21. The van der Waals surface area contributed by atoms with E-state index in [1.807, 2.05) is 12.1 Å². The lowest BCUT2D eigenvalue weighted by atomic mass is 10.2. The van der Waals surface area contributed by atoms with Gasteiger partial charge in [0.2, 0.25) is 11.8 Å². The molecule has 2 aromatic rings. The molecule has 0 saturated heterocycles. The molecule has 0 bridgehead atoms. The van der Waals surface area contributed by atoms with Gasteiger partial charge in [-0.1, -0.05) is 29.8 Å². The topological polar surface area (TPSA) is 70.2 Å². The molecule has 22 heavy (non-hydrogen) atoms. The van der Waals surface area contributed by atoms with Crippen LogP contribution < -0.4 is 16.0 Å². The largest absolute Gasteiger partial charge is 0.375 e. The Morgan fingerprint density at radius 3 is 2.36 bits per heavy atom. The third kappa shape index (κ3) is 4.79. The maximum absolute atomic E-state index is 11.9. The minimum atomic E-state index is -0.208. The summed E-state index contributed by atoms with van der Waals surface area (Å²) in [6.07, 6.45) is 0. The quantitative estimate of drug-likeness (QED) is 0.792. The van der Waals surface area contributed by atoms with Crippen molar-refractivity contribution in [1.29, 1.82) is 0 Å². The summed E-state index contributed by atoms with van der Waals surface area (Å²) in [5.74, 6) is -0.372. The van der Waals surface area contributed by atoms with Gasteiger partial charge in [0.05, 0.1) is 17.3 Å². The number of benzene rings is 2. The zero-order chi connectivity index (χ0) is 15.9. The first-order valence-corrected chi connectivity index (χ1v) is 7.08. The van der Waals surface area contributed by atoms with E-state index in [0.29, 0.717) is 22.1 Å². The van der Waals surface area contributed by atoms with Crippen molar-refractivity contribution in [2.75, 3.05) is 22.5 Å². The number of amides is 2. The fraction of sp³-hybridized carbons (Fsp3) is 0.125. The highest BCUT2D eigenvalue weighted by Gasteiger charge is 2.05. The van der Waals surface area contributed by atoms with E-state index >= 15 is 0 Å². The van der Waals surface area contributed by atoms with E-state index in [1.165, 1.54) is 6.92 Å². The normalized spacial score (nSPS) is 9.91. The molecule has 3 N–H and O–H groups in total. The second kappa shape index (κ2) is 7.47. The molecule has 2 amide bonds. The van der Waals surface area contributed by atoms with Gasteiger partial charge in [-0.3, -0.25) is 9.59 Å². The lowest BCUT2D eigenvalue weighted by molar-refractivity contribution is -0.115. The molecule has 2 rings (SSSR count). The second-order valence-electron chi connectivity index (χ2n) is 4.64. The predicted octanol–water partition coefficient (Wildman–Crippen LogP) is 3.35. The molecular formula is C16H16ClN3O2. The SMILES string of the molecule is CC(=O)Nc1cccc(NC(=O)CNc2ccccc2Cl)c1. The smallest absolute Gasteiger partial charge is 0.243 e. The minimum absolute atomic E-state index is 0.0914. The predicted molar refractivity (Wildman–Crippen MR) is 89.3 cm³/mol. The van der Waals surface area contributed by atoms with E-state index in [1.54, 1.807) is 36.4 Å². The molecule has 0 aliphatic carbocycles. The molecule has 0 aromatic heterocycles. The third-order valence-electron chi connectivity index (χ3n) is 2.78. The molecule has 0 unspecified atom stereocenters. The summed E-state index contributed by atoms with van der Waals surface area (Å²) in [4.78, 5) is 22.9. The number of carbonyl (C=O) groups excluding carboxylic acids is 2. The van der Waals surface area contributed by atoms with Crippen molar-refractivity contribution in [3.8, 4) is 0 Å². The van der Waals surface area contributed by atoms with Crippen molar-refractivity contribution < 1.29 is 9.59 Å². The Hall–Kier alpha value is -2.53. The van der Waals surface area contributed by atoms with Gasteiger partial charge in [-0.25, -0.2) is 0 Å². The van der Waals surface area contributed by atoms with Crippen LogP contribution in [0.15, 0.2) is 48.5 Å². The Morgan fingerprint density at radius 2 is 1.68 bits per heavy atom. The highest BCUT2D eigenvalue weighted by atomic mass is 35.5. The molecule has 0 spiro atoms. The molecule has 0 heterocycles. The monoisotopic (exact) mass is 317 g/mol. The Morgan fingerprint density at radius 1 is 1.00 bits per heavy atom. The third-order valence-corrected chi connectivity index (χ3v) is 3.11. The van der Waals surface area contributed by atoms with Crippen molar-refractivity contribution in [2.45, 2.75) is 6.92 Å². The van der Waals surface area contributed by atoms with Crippen LogP contribution in [0.2, 0.25) is 5.02 Å². The first-order valence-electron chi connectivity index (χ1n) is 6.70. The van der Waals surface area contributed by atoms with Gasteiger partial charge in [0.25, 0.3) is 0 Å². The molecule has 0 radical (unpaired) electrons. The first-order chi connectivity index (χ1) is 10.5. The summed E-state index contributed by atoms with van der Waals surface area (Å²) < 4.78 is 0. The maximum Gasteiger partial charge on any atom is 0.243 e. The van der Waals surface area contributed by atoms with Crippen molar-refractivity contribution in [1.82, 2.24) is 0 Å². The number of anilines is 3. The molecule has 0 atom stereocenters. The summed E-state index contributed by atoms with van der Waals surface area (Å²) in [6.45, 7) is 1.52. The summed E-state index contributed by atoms with van der Waals surface area (Å²) >= 11 is 6.00. The average molecular weight is 318 g/mol. The van der Waals surface area contributed by atoms with Gasteiger partial charge in [0.15, 0.2) is 0 Å². The highest BCUT2D eigenvalue weighted by molar-refractivity contribution is 6.33. The number of hydrogen-bond donors (Lipinski definition) is 3. The number of para-hydroxylation sites is 1. The summed E-state index contributed by atoms with van der Waals surface area (Å²) in [7, 11) is 0. The molecule has 114 valence electrons. The Bertz CT molecular complexity index is 689. The zero-order valence-corrected chi connectivity index (χ0v) is 12.8. The number of nitrogens with one attached hydrogen (secondary N) is 3. The molecule has 5 nitrogen and oxygen atoms in total. The van der Waals surface area contributed by atoms with Crippen molar-refractivity contribution in [2.24, 2.45) is 0 Å². The molecule has 0 aliphatic rings. The fourth-order valence-corrected chi connectivity index (χ4v) is 2.07. The van der Waals surface area contributed by atoms with E-state index in [4.69, 9.17) is 11.6 Å². The number of halogens is 1. The Balaban J connectivity index is 1.92. The van der Waals surface area contributed by atoms with Gasteiger partial charge < -0.3 is 16.0 Å². The lowest BCUT2D eigenvalue weighted by Gasteiger charge is -2.10. The van der Waals surface area contributed by atoms with Crippen molar-refractivity contribution >= 4 is 40.5 Å². The van der Waals surface area contributed by atoms with E-state index in [-0.39, 0.29) is 18.4 Å². The van der Waals surface area contributed by atoms with Crippen LogP contribution in [0.3, 0.4) is 0 Å². The van der Waals surface area contributed by atoms with Crippen LogP contribution in [-0.4, -0.2) is 18.4 Å². The van der Waals surface area contributed by atoms with Gasteiger partial charge in [-0.05, 0) is 30.3 Å². The summed E-state index contributed by atoms with van der Waals surface area (Å²) in [6, 6.07) is 14.1. The molecule has 0 aliphatic heterocycles. The number of carbonyl (C=O) groups is 2. The minimum Gasteiger partial charge on any atom is -0.375 e. The van der Waals surface area contributed by atoms with Crippen LogP contribution >= 0.6 is 11.6 Å². The van der Waals surface area contributed by atoms with E-state index in [2.05, 4.69) is 16.0 Å². The Labute approximate surface area is 133 Å². The van der Waals surface area contributed by atoms with E-state index < -0.39 is 0 Å². The second-order valence-corrected chi connectivity index (χ2v) is 5.05. The molecule has 2 aromatic carbocycles. The van der Waals surface area contributed by atoms with Crippen molar-refractivity contribution in [3.05, 3.63) is 53.6 Å². The van der Waals surface area contributed by atoms with Crippen LogP contribution in [0.5, 0.6) is 0 Å². The van der Waals surface area contributed by atoms with Gasteiger partial charge in [0.1, 0.15) is 0 Å². The van der Waals surface area contributed by atoms with E-state index in [0.717, 1.165) is 0 Å². The van der Waals surface area contributed by atoms with Gasteiger partial charge >= 0.3 is 0 Å². The molecule has 6 heteroatoms. The zero-order valence-electron chi connectivity index (χ0n) is 12.0. The number of hydrogen-bond acceptors (Lipinski definition) is 3. The van der Waals surface area contributed by atoms with Crippen LogP contribution in [0.4, 0.5) is 17.1 Å². The van der Waals surface area contributed by atoms with Crippen LogP contribution in [0.25, 0.3) is 0 Å². The summed E-state index contributed by atoms with van der Waals surface area (Å²) in [5, 5.41) is 8.93. The van der Waals surface area contributed by atoms with E-state index in [9.17, 15) is 9.59 Å². The van der Waals surface area contributed by atoms with Gasteiger partial charge in [-0.15, -0.1) is 0 Å². The average Bonchev–Trinajstić information content (AvgIpc) is 2.46. The molecule has 0 saturated carbocycles. The van der Waals surface area contributed by atoms with Crippen LogP contribution in [0.1, 0.15) is 6.92 Å². The summed E-state index contributed by atoms with van der Waals surface area (Å²) in [5.41, 5.74) is 1.94.